The largest absolute Gasteiger partial charge is 0.463 e. The number of ether oxygens (including phenoxy) is 8. The minimum absolute atomic E-state index is 0.0172. The summed E-state index contributed by atoms with van der Waals surface area (Å²) in [7, 11) is 3.07. The third kappa shape index (κ3) is 6.02. The summed E-state index contributed by atoms with van der Waals surface area (Å²) in [6.45, 7) is 4.23. The van der Waals surface area contributed by atoms with Crippen molar-refractivity contribution in [1.29, 1.82) is 0 Å². The van der Waals surface area contributed by atoms with Crippen LogP contribution in [0.15, 0.2) is 36.4 Å². The topological polar surface area (TPSA) is 124 Å². The molecule has 0 atom stereocenters. The second-order valence-electron chi connectivity index (χ2n) is 8.89. The van der Waals surface area contributed by atoms with Gasteiger partial charge in [0.1, 0.15) is 13.6 Å². The smallest absolute Gasteiger partial charge is 0.191 e. The highest BCUT2D eigenvalue weighted by atomic mass is 16.8. The monoisotopic (exact) mass is 552 g/mol. The first kappa shape index (κ1) is 27.8. The maximum absolute atomic E-state index is 5.87. The molecule has 0 radical (unpaired) electrons. The van der Waals surface area contributed by atoms with E-state index in [-0.39, 0.29) is 40.8 Å². The van der Waals surface area contributed by atoms with E-state index in [9.17, 15) is 0 Å². The molecule has 0 saturated carbocycles. The molecule has 40 heavy (non-hydrogen) atoms. The third-order valence-electron chi connectivity index (χ3n) is 6.22. The molecule has 4 aromatic rings. The van der Waals surface area contributed by atoms with E-state index in [0.29, 0.717) is 11.5 Å². The van der Waals surface area contributed by atoms with Crippen molar-refractivity contribution in [2.75, 3.05) is 65.6 Å². The summed E-state index contributed by atoms with van der Waals surface area (Å²) in [6.07, 6.45) is 0. The number of benzene rings is 3. The Bertz CT molecular complexity index is 1370. The molecule has 1 aromatic heterocycles. The molecule has 12 nitrogen and oxygen atoms in total. The standard InChI is InChI=1S/C28H32N4O8/c1-17-25-26(30-20-8-6-5-7-19(20)29-25)18(2)28-27(17)31-21-9-23(39-15-37-13-35-11-33-3)24(10-22(21)32-28)40-16-38-14-36-12-34-4/h5-10,31-32H,11-16H2,1-4H3. The van der Waals surface area contributed by atoms with E-state index in [0.717, 1.165) is 55.9 Å². The van der Waals surface area contributed by atoms with Gasteiger partial charge in [-0.05, 0) is 26.0 Å². The predicted molar refractivity (Wildman–Crippen MR) is 148 cm³/mol. The molecule has 1 aliphatic heterocycles. The molecule has 12 heteroatoms. The number of methoxy groups -OCH3 is 2. The number of nitrogens with one attached hydrogen (secondary N) is 2. The zero-order valence-corrected chi connectivity index (χ0v) is 22.9. The number of para-hydroxylation sites is 2. The van der Waals surface area contributed by atoms with Gasteiger partial charge in [-0.3, -0.25) is 0 Å². The molecule has 0 aliphatic carbocycles. The van der Waals surface area contributed by atoms with Gasteiger partial charge in [0.2, 0.25) is 0 Å². The fourth-order valence-corrected chi connectivity index (χ4v) is 4.34. The predicted octanol–water partition coefficient (Wildman–Crippen LogP) is 5.06. The molecule has 5 rings (SSSR count). The van der Waals surface area contributed by atoms with Crippen molar-refractivity contribution in [2.24, 2.45) is 0 Å². The van der Waals surface area contributed by atoms with Gasteiger partial charge < -0.3 is 48.5 Å². The van der Waals surface area contributed by atoms with Crippen molar-refractivity contribution in [2.45, 2.75) is 13.8 Å². The van der Waals surface area contributed by atoms with Crippen LogP contribution in [0.5, 0.6) is 11.5 Å². The molecule has 2 N–H and O–H groups in total. The van der Waals surface area contributed by atoms with E-state index in [4.69, 9.17) is 47.9 Å². The normalized spacial score (nSPS) is 12.1. The quantitative estimate of drug-likeness (QED) is 0.109. The van der Waals surface area contributed by atoms with Crippen LogP contribution in [0.3, 0.4) is 0 Å². The van der Waals surface area contributed by atoms with E-state index in [1.807, 2.05) is 50.2 Å². The molecular weight excluding hydrogens is 520 g/mol. The highest BCUT2D eigenvalue weighted by molar-refractivity contribution is 6.04. The summed E-state index contributed by atoms with van der Waals surface area (Å²) in [4.78, 5) is 9.84. The van der Waals surface area contributed by atoms with Gasteiger partial charge in [0.25, 0.3) is 0 Å². The number of nitrogens with zero attached hydrogens (tertiary/aromatic N) is 2. The van der Waals surface area contributed by atoms with Gasteiger partial charge in [0, 0.05) is 37.5 Å². The number of hydrogen-bond acceptors (Lipinski definition) is 12. The van der Waals surface area contributed by atoms with Gasteiger partial charge in [-0.15, -0.1) is 0 Å². The molecule has 0 bridgehead atoms. The van der Waals surface area contributed by atoms with E-state index in [2.05, 4.69) is 10.6 Å². The van der Waals surface area contributed by atoms with Crippen LogP contribution in [0, 0.1) is 13.8 Å². The Morgan fingerprint density at radius 2 is 1.02 bits per heavy atom. The van der Waals surface area contributed by atoms with Gasteiger partial charge in [0.05, 0.1) is 44.8 Å². The van der Waals surface area contributed by atoms with Gasteiger partial charge in [0.15, 0.2) is 38.7 Å². The molecular formula is C28H32N4O8. The Morgan fingerprint density at radius 1 is 0.600 bits per heavy atom. The Morgan fingerprint density at radius 3 is 1.45 bits per heavy atom. The number of aromatic nitrogens is 2. The van der Waals surface area contributed by atoms with Gasteiger partial charge in [-0.2, -0.15) is 0 Å². The average Bonchev–Trinajstić information content (AvgIpc) is 2.98. The summed E-state index contributed by atoms with van der Waals surface area (Å²) in [5.41, 5.74) is 8.80. The third-order valence-corrected chi connectivity index (χ3v) is 6.22. The van der Waals surface area contributed by atoms with Crippen LogP contribution in [0.2, 0.25) is 0 Å². The molecule has 3 aromatic carbocycles. The molecule has 0 spiro atoms. The van der Waals surface area contributed by atoms with E-state index >= 15 is 0 Å². The summed E-state index contributed by atoms with van der Waals surface area (Å²) in [5.74, 6) is 0.899. The zero-order valence-electron chi connectivity index (χ0n) is 22.9. The number of hydrogen-bond donors (Lipinski definition) is 2. The van der Waals surface area contributed by atoms with Crippen LogP contribution in [0.4, 0.5) is 22.7 Å². The second kappa shape index (κ2) is 13.0. The lowest BCUT2D eigenvalue weighted by Crippen LogP contribution is -2.13. The number of rotatable bonds is 14. The highest BCUT2D eigenvalue weighted by Crippen LogP contribution is 2.48. The van der Waals surface area contributed by atoms with Crippen molar-refractivity contribution < 1.29 is 37.9 Å². The lowest BCUT2D eigenvalue weighted by molar-refractivity contribution is -0.148. The SMILES string of the molecule is COCOCOCOc1cc2c(cc1OCOCOCOC)Nc1c(c(C)c3nc4ccccc4nc3c1C)N2. The molecule has 212 valence electrons. The van der Waals surface area contributed by atoms with Crippen LogP contribution in [-0.4, -0.2) is 64.9 Å². The van der Waals surface area contributed by atoms with Crippen LogP contribution in [-0.2, 0) is 28.4 Å². The van der Waals surface area contributed by atoms with Crippen LogP contribution >= 0.6 is 0 Å². The number of fused-ring (bicyclic) bond motifs is 4. The molecule has 1 aliphatic rings. The maximum Gasteiger partial charge on any atom is 0.191 e. The van der Waals surface area contributed by atoms with E-state index in [1.54, 1.807) is 0 Å². The summed E-state index contributed by atoms with van der Waals surface area (Å²) < 4.78 is 42.5. The molecule has 0 amide bonds. The Kier molecular flexibility index (Phi) is 9.06. The Hall–Kier alpha value is -3.78. The van der Waals surface area contributed by atoms with Crippen molar-refractivity contribution in [3.63, 3.8) is 0 Å². The van der Waals surface area contributed by atoms with Crippen LogP contribution < -0.4 is 20.1 Å². The van der Waals surface area contributed by atoms with Crippen LogP contribution in [0.25, 0.3) is 22.1 Å². The number of aryl methyl sites for hydroxylation is 2. The van der Waals surface area contributed by atoms with Crippen molar-refractivity contribution >= 4 is 44.8 Å². The first-order chi connectivity index (χ1) is 19.6. The van der Waals surface area contributed by atoms with Crippen LogP contribution in [0.1, 0.15) is 11.1 Å². The van der Waals surface area contributed by atoms with Crippen molar-refractivity contribution in [3.05, 3.63) is 47.5 Å². The van der Waals surface area contributed by atoms with Gasteiger partial charge >= 0.3 is 0 Å². The fourth-order valence-electron chi connectivity index (χ4n) is 4.34. The van der Waals surface area contributed by atoms with Crippen molar-refractivity contribution in [3.8, 4) is 11.5 Å². The Labute approximate surface area is 231 Å². The second-order valence-corrected chi connectivity index (χ2v) is 8.89. The van der Waals surface area contributed by atoms with Gasteiger partial charge in [-0.1, -0.05) is 12.1 Å². The minimum atomic E-state index is -0.0634. The molecule has 0 unspecified atom stereocenters. The van der Waals surface area contributed by atoms with Gasteiger partial charge in [-0.25, -0.2) is 9.97 Å². The summed E-state index contributed by atoms with van der Waals surface area (Å²) >= 11 is 0. The highest BCUT2D eigenvalue weighted by Gasteiger charge is 2.25. The fraction of sp³-hybridized carbons (Fsp3) is 0.357. The molecule has 0 fully saturated rings. The molecule has 2 heterocycles. The first-order valence-electron chi connectivity index (χ1n) is 12.6. The zero-order chi connectivity index (χ0) is 27.9. The lowest BCUT2D eigenvalue weighted by Gasteiger charge is -2.28. The average molecular weight is 553 g/mol. The minimum Gasteiger partial charge on any atom is -0.463 e. The first-order valence-corrected chi connectivity index (χ1v) is 12.6. The van der Waals surface area contributed by atoms with E-state index < -0.39 is 0 Å². The summed E-state index contributed by atoms with van der Waals surface area (Å²) in [6, 6.07) is 11.5. The van der Waals surface area contributed by atoms with Crippen molar-refractivity contribution in [1.82, 2.24) is 9.97 Å². The van der Waals surface area contributed by atoms with E-state index in [1.165, 1.54) is 14.2 Å². The number of anilines is 4. The lowest BCUT2D eigenvalue weighted by atomic mass is 10.0. The summed E-state index contributed by atoms with van der Waals surface area (Å²) in [5, 5.41) is 7.11. The maximum atomic E-state index is 5.87. The molecule has 0 saturated heterocycles. The Balaban J connectivity index is 1.42.